The Hall–Kier alpha value is -2.67. The van der Waals surface area contributed by atoms with Gasteiger partial charge in [-0.25, -0.2) is 12.7 Å². The summed E-state index contributed by atoms with van der Waals surface area (Å²) in [6.45, 7) is 4.60. The van der Waals surface area contributed by atoms with Crippen LogP contribution < -0.4 is 4.31 Å². The molecular formula is C24H28N2O4S. The molecule has 2 fully saturated rings. The Morgan fingerprint density at radius 2 is 1.71 bits per heavy atom. The van der Waals surface area contributed by atoms with Crippen LogP contribution in [0.2, 0.25) is 0 Å². The van der Waals surface area contributed by atoms with E-state index in [0.29, 0.717) is 24.6 Å². The van der Waals surface area contributed by atoms with E-state index in [4.69, 9.17) is 0 Å². The van der Waals surface area contributed by atoms with Crippen molar-refractivity contribution >= 4 is 27.5 Å². The van der Waals surface area contributed by atoms with Crippen molar-refractivity contribution in [2.75, 3.05) is 23.1 Å². The minimum Gasteiger partial charge on any atom is -0.339 e. The molecule has 0 bridgehead atoms. The summed E-state index contributed by atoms with van der Waals surface area (Å²) < 4.78 is 26.0. The molecule has 2 heterocycles. The van der Waals surface area contributed by atoms with E-state index in [1.807, 2.05) is 23.1 Å². The Morgan fingerprint density at radius 1 is 1.03 bits per heavy atom. The maximum atomic E-state index is 13.1. The molecule has 2 aliphatic rings. The van der Waals surface area contributed by atoms with E-state index in [0.717, 1.165) is 23.6 Å². The monoisotopic (exact) mass is 440 g/mol. The predicted octanol–water partition coefficient (Wildman–Crippen LogP) is 3.48. The van der Waals surface area contributed by atoms with Gasteiger partial charge in [-0.15, -0.1) is 0 Å². The molecule has 0 radical (unpaired) electrons. The smallest absolute Gasteiger partial charge is 0.253 e. The molecule has 2 aromatic carbocycles. The Morgan fingerprint density at radius 3 is 2.32 bits per heavy atom. The fourth-order valence-electron chi connectivity index (χ4n) is 4.50. The number of piperidine rings is 1. The van der Waals surface area contributed by atoms with Crippen molar-refractivity contribution in [1.82, 2.24) is 4.90 Å². The fraction of sp³-hybridized carbons (Fsp3) is 0.417. The zero-order valence-corrected chi connectivity index (χ0v) is 18.8. The quantitative estimate of drug-likeness (QED) is 0.730. The number of carbonyl (C=O) groups excluding carboxylic acids is 2. The number of benzene rings is 2. The number of hydrogen-bond donors (Lipinski definition) is 0. The number of sulfonamides is 1. The first-order valence-corrected chi connectivity index (χ1v) is 12.3. The van der Waals surface area contributed by atoms with Crippen molar-refractivity contribution in [3.63, 3.8) is 0 Å². The van der Waals surface area contributed by atoms with Crippen molar-refractivity contribution in [2.24, 2.45) is 11.3 Å². The first-order chi connectivity index (χ1) is 14.7. The molecule has 7 heteroatoms. The van der Waals surface area contributed by atoms with Gasteiger partial charge in [-0.05, 0) is 62.8 Å². The van der Waals surface area contributed by atoms with Gasteiger partial charge >= 0.3 is 0 Å². The van der Waals surface area contributed by atoms with Crippen LogP contribution >= 0.6 is 0 Å². The lowest BCUT2D eigenvalue weighted by Crippen LogP contribution is -2.39. The molecule has 6 nitrogen and oxygen atoms in total. The summed E-state index contributed by atoms with van der Waals surface area (Å²) in [5.41, 5.74) is 0.992. The highest BCUT2D eigenvalue weighted by Crippen LogP contribution is 2.36. The average molecular weight is 441 g/mol. The second-order valence-corrected chi connectivity index (χ2v) is 11.0. The van der Waals surface area contributed by atoms with Crippen LogP contribution in [0.25, 0.3) is 0 Å². The van der Waals surface area contributed by atoms with E-state index in [1.54, 1.807) is 32.0 Å². The largest absolute Gasteiger partial charge is 0.339 e. The van der Waals surface area contributed by atoms with Gasteiger partial charge in [0, 0.05) is 18.7 Å². The second-order valence-electron chi connectivity index (χ2n) is 9.19. The topological polar surface area (TPSA) is 74.8 Å². The van der Waals surface area contributed by atoms with Crippen molar-refractivity contribution in [1.29, 1.82) is 0 Å². The number of nitrogens with zero attached hydrogens (tertiary/aromatic N) is 2. The fourth-order valence-corrected chi connectivity index (χ4v) is 6.60. The molecule has 0 aromatic heterocycles. The van der Waals surface area contributed by atoms with Crippen LogP contribution in [0.3, 0.4) is 0 Å². The molecule has 4 rings (SSSR count). The summed E-state index contributed by atoms with van der Waals surface area (Å²) in [5.74, 6) is -0.263. The molecule has 0 N–H and O–H groups in total. The van der Waals surface area contributed by atoms with Gasteiger partial charge in [-0.1, -0.05) is 36.4 Å². The number of likely N-dealkylation sites (tertiary alicyclic amines) is 1. The van der Waals surface area contributed by atoms with Gasteiger partial charge in [0.25, 0.3) is 5.91 Å². The molecule has 0 unspecified atom stereocenters. The lowest BCUT2D eigenvalue weighted by molar-refractivity contribution is -0.123. The summed E-state index contributed by atoms with van der Waals surface area (Å²) in [4.78, 5) is 27.6. The third kappa shape index (κ3) is 4.37. The SMILES string of the molecule is CC1(C)CS(=O)(=O)N(c2cccc(C(=O)N3CCC(Cc4ccccc4)CC3)c2)C1=O. The van der Waals surface area contributed by atoms with Gasteiger partial charge in [0.2, 0.25) is 15.9 Å². The molecule has 0 atom stereocenters. The van der Waals surface area contributed by atoms with E-state index < -0.39 is 21.3 Å². The Bertz CT molecular complexity index is 1090. The first-order valence-electron chi connectivity index (χ1n) is 10.7. The molecule has 2 aromatic rings. The van der Waals surface area contributed by atoms with Gasteiger partial charge in [-0.3, -0.25) is 9.59 Å². The van der Waals surface area contributed by atoms with Crippen LogP contribution in [0.4, 0.5) is 5.69 Å². The molecule has 31 heavy (non-hydrogen) atoms. The normalized spacial score (nSPS) is 20.8. The van der Waals surface area contributed by atoms with E-state index >= 15 is 0 Å². The molecule has 0 aliphatic carbocycles. The number of anilines is 1. The van der Waals surface area contributed by atoms with Crippen LogP contribution in [0, 0.1) is 11.3 Å². The zero-order chi connectivity index (χ0) is 22.2. The molecule has 2 saturated heterocycles. The zero-order valence-electron chi connectivity index (χ0n) is 18.0. The standard InChI is InChI=1S/C24H28N2O4S/c1-24(2)17-31(29,30)26(23(24)28)21-10-6-9-20(16-21)22(27)25-13-11-19(12-14-25)15-18-7-4-3-5-8-18/h3-10,16,19H,11-15,17H2,1-2H3. The molecule has 0 saturated carbocycles. The highest BCUT2D eigenvalue weighted by atomic mass is 32.2. The summed E-state index contributed by atoms with van der Waals surface area (Å²) in [5, 5.41) is 0. The van der Waals surface area contributed by atoms with Gasteiger partial charge < -0.3 is 4.90 Å². The van der Waals surface area contributed by atoms with Gasteiger partial charge in [-0.2, -0.15) is 0 Å². The molecule has 0 spiro atoms. The van der Waals surface area contributed by atoms with E-state index in [1.165, 1.54) is 11.6 Å². The summed E-state index contributed by atoms with van der Waals surface area (Å²) in [6.07, 6.45) is 2.89. The Labute approximate surface area is 183 Å². The highest BCUT2D eigenvalue weighted by Gasteiger charge is 2.50. The van der Waals surface area contributed by atoms with Crippen LogP contribution in [-0.4, -0.2) is 44.0 Å². The van der Waals surface area contributed by atoms with Crippen LogP contribution in [0.15, 0.2) is 54.6 Å². The summed E-state index contributed by atoms with van der Waals surface area (Å²) in [6, 6.07) is 16.8. The van der Waals surface area contributed by atoms with Gasteiger partial charge in [0.05, 0.1) is 16.9 Å². The van der Waals surface area contributed by atoms with Crippen LogP contribution in [-0.2, 0) is 21.2 Å². The molecule has 2 aliphatic heterocycles. The minimum atomic E-state index is -3.74. The second kappa shape index (κ2) is 8.11. The van der Waals surface area contributed by atoms with Crippen LogP contribution in [0.1, 0.15) is 42.6 Å². The molecule has 2 amide bonds. The third-order valence-corrected chi connectivity index (χ3v) is 8.20. The maximum absolute atomic E-state index is 13.1. The molecular weight excluding hydrogens is 412 g/mol. The van der Waals surface area contributed by atoms with Crippen molar-refractivity contribution in [3.8, 4) is 0 Å². The number of hydrogen-bond acceptors (Lipinski definition) is 4. The van der Waals surface area contributed by atoms with Gasteiger partial charge in [0.1, 0.15) is 0 Å². The average Bonchev–Trinajstić information content (AvgIpc) is 2.91. The Kier molecular flexibility index (Phi) is 5.64. The van der Waals surface area contributed by atoms with Crippen molar-refractivity contribution in [2.45, 2.75) is 33.1 Å². The number of rotatable bonds is 4. The maximum Gasteiger partial charge on any atom is 0.253 e. The first kappa shape index (κ1) is 21.6. The van der Waals surface area contributed by atoms with Crippen molar-refractivity contribution < 1.29 is 18.0 Å². The summed E-state index contributed by atoms with van der Waals surface area (Å²) in [7, 11) is -3.74. The minimum absolute atomic E-state index is 0.122. The van der Waals surface area contributed by atoms with Gasteiger partial charge in [0.15, 0.2) is 0 Å². The highest BCUT2D eigenvalue weighted by molar-refractivity contribution is 7.94. The lowest BCUT2D eigenvalue weighted by Gasteiger charge is -2.32. The lowest BCUT2D eigenvalue weighted by atomic mass is 9.90. The Balaban J connectivity index is 1.45. The van der Waals surface area contributed by atoms with E-state index in [2.05, 4.69) is 12.1 Å². The third-order valence-electron chi connectivity index (χ3n) is 6.18. The van der Waals surface area contributed by atoms with E-state index in [9.17, 15) is 18.0 Å². The number of amides is 2. The van der Waals surface area contributed by atoms with Crippen LogP contribution in [0.5, 0.6) is 0 Å². The van der Waals surface area contributed by atoms with E-state index in [-0.39, 0.29) is 17.3 Å². The number of carbonyl (C=O) groups is 2. The summed E-state index contributed by atoms with van der Waals surface area (Å²) >= 11 is 0. The van der Waals surface area contributed by atoms with Crippen molar-refractivity contribution in [3.05, 3.63) is 65.7 Å². The molecule has 164 valence electrons. The predicted molar refractivity (Wildman–Crippen MR) is 120 cm³/mol.